The van der Waals surface area contributed by atoms with E-state index in [0.29, 0.717) is 23.1 Å². The molecule has 0 bridgehead atoms. The fourth-order valence-corrected chi connectivity index (χ4v) is 4.03. The molecule has 0 N–H and O–H groups in total. The molecular formula is C23H21ClFNO6S. The Morgan fingerprint density at radius 3 is 2.61 bits per heavy atom. The van der Waals surface area contributed by atoms with Crippen molar-refractivity contribution in [2.24, 2.45) is 0 Å². The van der Waals surface area contributed by atoms with E-state index in [1.54, 1.807) is 38.1 Å². The Hall–Kier alpha value is -3.04. The molecule has 0 saturated carbocycles. The lowest BCUT2D eigenvalue weighted by molar-refractivity contribution is -0.149. The van der Waals surface area contributed by atoms with Crippen LogP contribution in [0.3, 0.4) is 0 Å². The summed E-state index contributed by atoms with van der Waals surface area (Å²) in [6.45, 7) is 2.68. The molecule has 1 aliphatic heterocycles. The van der Waals surface area contributed by atoms with Gasteiger partial charge in [-0.15, -0.1) is 0 Å². The first-order valence-corrected chi connectivity index (χ1v) is 11.1. The summed E-state index contributed by atoms with van der Waals surface area (Å²) in [6.07, 6.45) is 1.09. The summed E-state index contributed by atoms with van der Waals surface area (Å²) < 4.78 is 30.3. The zero-order valence-electron chi connectivity index (χ0n) is 18.1. The van der Waals surface area contributed by atoms with E-state index in [9.17, 15) is 18.8 Å². The number of hydrogen-bond acceptors (Lipinski definition) is 7. The minimum atomic E-state index is -0.680. The molecule has 0 aromatic heterocycles. The quantitative estimate of drug-likeness (QED) is 0.375. The van der Waals surface area contributed by atoms with E-state index in [4.69, 9.17) is 25.8 Å². The van der Waals surface area contributed by atoms with Crippen molar-refractivity contribution in [1.29, 1.82) is 0 Å². The van der Waals surface area contributed by atoms with Gasteiger partial charge < -0.3 is 14.2 Å². The third-order valence-electron chi connectivity index (χ3n) is 4.47. The highest BCUT2D eigenvalue weighted by Gasteiger charge is 2.37. The van der Waals surface area contributed by atoms with E-state index in [1.807, 2.05) is 0 Å². The van der Waals surface area contributed by atoms with Crippen LogP contribution in [0.4, 0.5) is 9.18 Å². The van der Waals surface area contributed by atoms with Gasteiger partial charge >= 0.3 is 5.97 Å². The Morgan fingerprint density at radius 2 is 1.94 bits per heavy atom. The molecule has 1 saturated heterocycles. The Morgan fingerprint density at radius 1 is 1.21 bits per heavy atom. The number of nitrogens with zero attached hydrogens (tertiary/aromatic N) is 1. The molecular weight excluding hydrogens is 473 g/mol. The van der Waals surface area contributed by atoms with Gasteiger partial charge in [0.05, 0.1) is 23.1 Å². The molecule has 7 nitrogen and oxygen atoms in total. The number of halogens is 2. The van der Waals surface area contributed by atoms with Gasteiger partial charge in [0.2, 0.25) is 0 Å². The highest BCUT2D eigenvalue weighted by atomic mass is 35.5. The molecule has 0 spiro atoms. The van der Waals surface area contributed by atoms with Crippen LogP contribution < -0.4 is 9.47 Å². The average Bonchev–Trinajstić information content (AvgIpc) is 3.00. The van der Waals surface area contributed by atoms with Crippen LogP contribution in [-0.4, -0.2) is 41.8 Å². The third-order valence-corrected chi connectivity index (χ3v) is 5.73. The van der Waals surface area contributed by atoms with Gasteiger partial charge in [0, 0.05) is 11.1 Å². The van der Waals surface area contributed by atoms with Crippen molar-refractivity contribution in [3.63, 3.8) is 0 Å². The van der Waals surface area contributed by atoms with E-state index in [1.165, 1.54) is 25.3 Å². The fraction of sp³-hybridized carbons (Fsp3) is 0.261. The normalized spacial score (nSPS) is 14.8. The van der Waals surface area contributed by atoms with E-state index >= 15 is 0 Å². The van der Waals surface area contributed by atoms with E-state index in [-0.39, 0.29) is 34.0 Å². The largest absolute Gasteiger partial charge is 0.493 e. The molecule has 0 aliphatic carbocycles. The number of imide groups is 1. The highest BCUT2D eigenvalue weighted by molar-refractivity contribution is 8.18. The number of thioether (sulfide) groups is 1. The number of esters is 1. The second-order valence-electron chi connectivity index (χ2n) is 7.17. The topological polar surface area (TPSA) is 82.1 Å². The summed E-state index contributed by atoms with van der Waals surface area (Å²) in [5, 5.41) is -0.378. The summed E-state index contributed by atoms with van der Waals surface area (Å²) in [7, 11) is 1.44. The Balaban J connectivity index is 1.87. The number of amides is 2. The molecule has 0 radical (unpaired) electrons. The van der Waals surface area contributed by atoms with Crippen molar-refractivity contribution in [2.45, 2.75) is 26.6 Å². The number of methoxy groups -OCH3 is 1. The number of hydrogen-bond donors (Lipinski definition) is 0. The van der Waals surface area contributed by atoms with Crippen molar-refractivity contribution in [2.75, 3.05) is 13.7 Å². The monoisotopic (exact) mass is 493 g/mol. The molecule has 174 valence electrons. The van der Waals surface area contributed by atoms with Gasteiger partial charge in [-0.25, -0.2) is 4.39 Å². The molecule has 33 heavy (non-hydrogen) atoms. The number of benzene rings is 2. The average molecular weight is 494 g/mol. The van der Waals surface area contributed by atoms with Crippen molar-refractivity contribution in [3.8, 4) is 11.5 Å². The second kappa shape index (κ2) is 10.7. The Labute approximate surface area is 199 Å². The SMILES string of the molecule is COc1cccc(/C=C2\SC(=O)N(CC(=O)OC(C)C)C2=O)c1OCc1c(F)cccc1Cl. The van der Waals surface area contributed by atoms with Gasteiger partial charge in [-0.1, -0.05) is 29.8 Å². The Kier molecular flexibility index (Phi) is 7.99. The number of carbonyl (C=O) groups excluding carboxylic acids is 3. The van der Waals surface area contributed by atoms with Crippen molar-refractivity contribution in [3.05, 3.63) is 63.3 Å². The van der Waals surface area contributed by atoms with Gasteiger partial charge in [-0.2, -0.15) is 0 Å². The van der Waals surface area contributed by atoms with E-state index in [0.717, 1.165) is 4.90 Å². The van der Waals surface area contributed by atoms with E-state index in [2.05, 4.69) is 0 Å². The maximum Gasteiger partial charge on any atom is 0.326 e. The summed E-state index contributed by atoms with van der Waals surface area (Å²) in [5.41, 5.74) is 0.595. The van der Waals surface area contributed by atoms with Gasteiger partial charge in [0.1, 0.15) is 19.0 Å². The van der Waals surface area contributed by atoms with Crippen LogP contribution in [0.25, 0.3) is 6.08 Å². The van der Waals surface area contributed by atoms with Crippen LogP contribution in [0.5, 0.6) is 11.5 Å². The van der Waals surface area contributed by atoms with Crippen LogP contribution in [0, 0.1) is 5.82 Å². The maximum atomic E-state index is 14.1. The van der Waals surface area contributed by atoms with Crippen molar-refractivity contribution >= 4 is 46.6 Å². The molecule has 0 atom stereocenters. The molecule has 1 aliphatic rings. The standard InChI is InChI=1S/C23H21ClFNO6S/c1-13(2)32-20(27)11-26-22(28)19(33-23(26)29)10-14-6-4-9-18(30-3)21(14)31-12-15-16(24)7-5-8-17(15)25/h4-10,13H,11-12H2,1-3H3/b19-10-. The summed E-state index contributed by atoms with van der Waals surface area (Å²) in [5.74, 6) is -1.24. The van der Waals surface area contributed by atoms with Crippen LogP contribution >= 0.6 is 23.4 Å². The summed E-state index contributed by atoms with van der Waals surface area (Å²) >= 11 is 6.77. The number of carbonyl (C=O) groups is 3. The lowest BCUT2D eigenvalue weighted by Gasteiger charge is -2.15. The molecule has 2 aromatic carbocycles. The molecule has 2 amide bonds. The summed E-state index contributed by atoms with van der Waals surface area (Å²) in [4.78, 5) is 37.9. The van der Waals surface area contributed by atoms with Gasteiger partial charge in [-0.3, -0.25) is 19.3 Å². The summed E-state index contributed by atoms with van der Waals surface area (Å²) in [6, 6.07) is 9.28. The predicted molar refractivity (Wildman–Crippen MR) is 123 cm³/mol. The first kappa shape index (κ1) is 24.6. The van der Waals surface area contributed by atoms with Crippen molar-refractivity contribution < 1.29 is 33.0 Å². The molecule has 3 rings (SSSR count). The lowest BCUT2D eigenvalue weighted by atomic mass is 10.1. The highest BCUT2D eigenvalue weighted by Crippen LogP contribution is 2.38. The zero-order chi connectivity index (χ0) is 24.1. The third kappa shape index (κ3) is 5.85. The Bertz CT molecular complexity index is 1100. The van der Waals surface area contributed by atoms with Crippen LogP contribution in [0.2, 0.25) is 5.02 Å². The minimum absolute atomic E-state index is 0.0966. The van der Waals surface area contributed by atoms with Crippen LogP contribution in [0.15, 0.2) is 41.3 Å². The molecule has 0 unspecified atom stereocenters. The number of ether oxygens (including phenoxy) is 3. The van der Waals surface area contributed by atoms with Crippen molar-refractivity contribution in [1.82, 2.24) is 4.90 Å². The predicted octanol–water partition coefficient (Wildman–Crippen LogP) is 5.05. The zero-order valence-corrected chi connectivity index (χ0v) is 19.7. The molecule has 1 fully saturated rings. The molecule has 2 aromatic rings. The second-order valence-corrected chi connectivity index (χ2v) is 8.57. The van der Waals surface area contributed by atoms with Gasteiger partial charge in [0.15, 0.2) is 11.5 Å². The smallest absolute Gasteiger partial charge is 0.326 e. The van der Waals surface area contributed by atoms with Gasteiger partial charge in [0.25, 0.3) is 11.1 Å². The number of para-hydroxylation sites is 1. The van der Waals surface area contributed by atoms with Crippen LogP contribution in [0.1, 0.15) is 25.0 Å². The first-order chi connectivity index (χ1) is 15.7. The molecule has 10 heteroatoms. The van der Waals surface area contributed by atoms with Crippen LogP contribution in [-0.2, 0) is 20.9 Å². The minimum Gasteiger partial charge on any atom is -0.493 e. The maximum absolute atomic E-state index is 14.1. The number of rotatable bonds is 8. The van der Waals surface area contributed by atoms with E-state index < -0.39 is 29.5 Å². The lowest BCUT2D eigenvalue weighted by Crippen LogP contribution is -2.35. The molecule has 1 heterocycles. The first-order valence-electron chi connectivity index (χ1n) is 9.88. The van der Waals surface area contributed by atoms with Gasteiger partial charge in [-0.05, 0) is 49.9 Å². The fourth-order valence-electron chi connectivity index (χ4n) is 2.98.